The number of anilines is 2. The maximum absolute atomic E-state index is 13.2. The Labute approximate surface area is 149 Å². The topological polar surface area (TPSA) is 54.0 Å². The van der Waals surface area contributed by atoms with Gasteiger partial charge in [-0.05, 0) is 35.9 Å². The van der Waals surface area contributed by atoms with E-state index in [4.69, 9.17) is 11.6 Å². The van der Waals surface area contributed by atoms with Gasteiger partial charge in [0.2, 0.25) is 0 Å². The molecule has 6 heteroatoms. The number of hydrogen-bond donors (Lipinski definition) is 2. The van der Waals surface area contributed by atoms with Crippen LogP contribution in [0.1, 0.15) is 15.9 Å². The number of carbonyl (C=O) groups excluding carboxylic acids is 1. The molecule has 0 spiro atoms. The van der Waals surface area contributed by atoms with Crippen LogP contribution in [-0.2, 0) is 6.54 Å². The number of amides is 1. The van der Waals surface area contributed by atoms with E-state index in [0.717, 1.165) is 5.56 Å². The average molecular weight is 356 g/mol. The molecule has 0 unspecified atom stereocenters. The molecule has 2 N–H and O–H groups in total. The lowest BCUT2D eigenvalue weighted by Gasteiger charge is -2.08. The summed E-state index contributed by atoms with van der Waals surface area (Å²) in [4.78, 5) is 16.3. The third kappa shape index (κ3) is 4.55. The zero-order chi connectivity index (χ0) is 17.6. The molecule has 3 aromatic rings. The minimum absolute atomic E-state index is 0.0295. The predicted molar refractivity (Wildman–Crippen MR) is 96.5 cm³/mol. The third-order valence-corrected chi connectivity index (χ3v) is 3.80. The van der Waals surface area contributed by atoms with Crippen LogP contribution in [0.25, 0.3) is 0 Å². The van der Waals surface area contributed by atoms with Gasteiger partial charge in [-0.2, -0.15) is 0 Å². The zero-order valence-electron chi connectivity index (χ0n) is 13.2. The van der Waals surface area contributed by atoms with Crippen LogP contribution in [0.5, 0.6) is 0 Å². The molecule has 0 saturated heterocycles. The molecule has 1 aromatic heterocycles. The largest absolute Gasteiger partial charge is 0.348 e. The first-order valence-corrected chi connectivity index (χ1v) is 8.00. The molecule has 1 heterocycles. The number of benzene rings is 2. The van der Waals surface area contributed by atoms with Crippen LogP contribution in [-0.4, -0.2) is 10.9 Å². The minimum Gasteiger partial charge on any atom is -0.348 e. The van der Waals surface area contributed by atoms with Gasteiger partial charge in [-0.25, -0.2) is 9.37 Å². The number of nitrogens with zero attached hydrogens (tertiary/aromatic N) is 1. The third-order valence-electron chi connectivity index (χ3n) is 3.51. The van der Waals surface area contributed by atoms with E-state index >= 15 is 0 Å². The smallest absolute Gasteiger partial charge is 0.253 e. The van der Waals surface area contributed by atoms with Crippen LogP contribution in [0.3, 0.4) is 0 Å². The number of halogens is 2. The maximum atomic E-state index is 13.2. The molecule has 2 aromatic carbocycles. The molecule has 3 rings (SSSR count). The van der Waals surface area contributed by atoms with E-state index in [1.807, 2.05) is 30.3 Å². The second-order valence-electron chi connectivity index (χ2n) is 5.35. The second-order valence-corrected chi connectivity index (χ2v) is 5.76. The van der Waals surface area contributed by atoms with E-state index in [0.29, 0.717) is 23.6 Å². The first-order chi connectivity index (χ1) is 12.1. The molecule has 0 aliphatic carbocycles. The molecule has 0 saturated carbocycles. The van der Waals surface area contributed by atoms with Gasteiger partial charge in [0, 0.05) is 18.4 Å². The molecule has 126 valence electrons. The monoisotopic (exact) mass is 355 g/mol. The van der Waals surface area contributed by atoms with Crippen molar-refractivity contribution in [3.8, 4) is 0 Å². The fraction of sp³-hybridized carbons (Fsp3) is 0.0526. The van der Waals surface area contributed by atoms with E-state index < -0.39 is 5.82 Å². The van der Waals surface area contributed by atoms with Gasteiger partial charge < -0.3 is 10.6 Å². The van der Waals surface area contributed by atoms with Gasteiger partial charge in [0.25, 0.3) is 5.91 Å². The van der Waals surface area contributed by atoms with E-state index in [-0.39, 0.29) is 10.9 Å². The summed E-state index contributed by atoms with van der Waals surface area (Å²) in [7, 11) is 0. The molecule has 25 heavy (non-hydrogen) atoms. The van der Waals surface area contributed by atoms with Crippen molar-refractivity contribution < 1.29 is 9.18 Å². The Hall–Kier alpha value is -2.92. The lowest BCUT2D eigenvalue weighted by molar-refractivity contribution is 0.0950. The summed E-state index contributed by atoms with van der Waals surface area (Å²) >= 11 is 5.74. The Balaban J connectivity index is 1.61. The molecular formula is C19H15ClFN3O. The number of rotatable bonds is 5. The fourth-order valence-corrected chi connectivity index (χ4v) is 2.38. The van der Waals surface area contributed by atoms with Gasteiger partial charge in [0.05, 0.1) is 10.6 Å². The van der Waals surface area contributed by atoms with Crippen LogP contribution >= 0.6 is 11.6 Å². The summed E-state index contributed by atoms with van der Waals surface area (Å²) < 4.78 is 13.2. The van der Waals surface area contributed by atoms with Crippen molar-refractivity contribution >= 4 is 29.0 Å². The first kappa shape index (κ1) is 16.9. The maximum Gasteiger partial charge on any atom is 0.253 e. The van der Waals surface area contributed by atoms with Crippen LogP contribution < -0.4 is 10.6 Å². The first-order valence-electron chi connectivity index (χ1n) is 7.62. The van der Waals surface area contributed by atoms with Crippen molar-refractivity contribution in [2.75, 3.05) is 5.32 Å². The molecule has 4 nitrogen and oxygen atoms in total. The summed E-state index contributed by atoms with van der Waals surface area (Å²) in [5, 5.41) is 5.87. The molecule has 0 atom stereocenters. The highest BCUT2D eigenvalue weighted by molar-refractivity contribution is 6.31. The van der Waals surface area contributed by atoms with Crippen LogP contribution in [0.2, 0.25) is 5.02 Å². The zero-order valence-corrected chi connectivity index (χ0v) is 13.9. The number of carbonyl (C=O) groups is 1. The van der Waals surface area contributed by atoms with Gasteiger partial charge in [-0.15, -0.1) is 0 Å². The lowest BCUT2D eigenvalue weighted by Crippen LogP contribution is -2.22. The molecule has 0 bridgehead atoms. The van der Waals surface area contributed by atoms with Crippen molar-refractivity contribution in [3.05, 3.63) is 88.8 Å². The van der Waals surface area contributed by atoms with Gasteiger partial charge in [-0.1, -0.05) is 41.9 Å². The summed E-state index contributed by atoms with van der Waals surface area (Å²) in [5.74, 6) is -0.152. The van der Waals surface area contributed by atoms with Gasteiger partial charge in [0.1, 0.15) is 11.6 Å². The van der Waals surface area contributed by atoms with E-state index in [9.17, 15) is 9.18 Å². The van der Waals surface area contributed by atoms with E-state index in [2.05, 4.69) is 15.6 Å². The highest BCUT2D eigenvalue weighted by Crippen LogP contribution is 2.21. The molecule has 1 amide bonds. The van der Waals surface area contributed by atoms with Crippen LogP contribution in [0.4, 0.5) is 15.9 Å². The highest BCUT2D eigenvalue weighted by atomic mass is 35.5. The second kappa shape index (κ2) is 7.77. The Bertz CT molecular complexity index is 870. The number of aromatic nitrogens is 1. The molecule has 0 aliphatic heterocycles. The SMILES string of the molecule is O=C(NCc1ccccc1)c1ccc(Nc2ccc(F)c(Cl)c2)nc1. The van der Waals surface area contributed by atoms with E-state index in [1.165, 1.54) is 18.3 Å². The fourth-order valence-electron chi connectivity index (χ4n) is 2.20. The molecule has 0 aliphatic rings. The van der Waals surface area contributed by atoms with Crippen LogP contribution in [0.15, 0.2) is 66.9 Å². The van der Waals surface area contributed by atoms with E-state index in [1.54, 1.807) is 18.2 Å². The van der Waals surface area contributed by atoms with Crippen molar-refractivity contribution in [2.45, 2.75) is 6.54 Å². The van der Waals surface area contributed by atoms with Crippen molar-refractivity contribution in [3.63, 3.8) is 0 Å². The van der Waals surface area contributed by atoms with Crippen molar-refractivity contribution in [1.82, 2.24) is 10.3 Å². The van der Waals surface area contributed by atoms with Gasteiger partial charge >= 0.3 is 0 Å². The Kier molecular flexibility index (Phi) is 5.26. The standard InChI is InChI=1S/C19H15ClFN3O/c20-16-10-15(7-8-17(16)21)24-18-9-6-14(12-22-18)19(25)23-11-13-4-2-1-3-5-13/h1-10,12H,11H2,(H,22,24)(H,23,25). The van der Waals surface area contributed by atoms with Gasteiger partial charge in [-0.3, -0.25) is 4.79 Å². The Morgan fingerprint density at radius 3 is 2.56 bits per heavy atom. The molecule has 0 radical (unpaired) electrons. The minimum atomic E-state index is -0.481. The Morgan fingerprint density at radius 1 is 1.08 bits per heavy atom. The lowest BCUT2D eigenvalue weighted by atomic mass is 10.2. The van der Waals surface area contributed by atoms with Gasteiger partial charge in [0.15, 0.2) is 0 Å². The number of nitrogens with one attached hydrogen (secondary N) is 2. The summed E-state index contributed by atoms with van der Waals surface area (Å²) in [6, 6.07) is 17.3. The van der Waals surface area contributed by atoms with Crippen molar-refractivity contribution in [1.29, 1.82) is 0 Å². The van der Waals surface area contributed by atoms with Crippen molar-refractivity contribution in [2.24, 2.45) is 0 Å². The molecule has 0 fully saturated rings. The van der Waals surface area contributed by atoms with Crippen LogP contribution in [0, 0.1) is 5.82 Å². The normalized spacial score (nSPS) is 10.3. The number of pyridine rings is 1. The average Bonchev–Trinajstić information content (AvgIpc) is 2.64. The summed E-state index contributed by atoms with van der Waals surface area (Å²) in [6.07, 6.45) is 1.48. The quantitative estimate of drug-likeness (QED) is 0.706. The number of hydrogen-bond acceptors (Lipinski definition) is 3. The molecular weight excluding hydrogens is 341 g/mol. The Morgan fingerprint density at radius 2 is 1.88 bits per heavy atom. The highest BCUT2D eigenvalue weighted by Gasteiger charge is 2.07. The summed E-state index contributed by atoms with van der Waals surface area (Å²) in [5.41, 5.74) is 2.09. The predicted octanol–water partition coefficient (Wildman–Crippen LogP) is 4.55. The summed E-state index contributed by atoms with van der Waals surface area (Å²) in [6.45, 7) is 0.452.